The van der Waals surface area contributed by atoms with Crippen LogP contribution in [0.15, 0.2) is 0 Å². The molecule has 0 radical (unpaired) electrons. The van der Waals surface area contributed by atoms with Crippen molar-refractivity contribution in [1.82, 2.24) is 10.2 Å². The van der Waals surface area contributed by atoms with Crippen LogP contribution < -0.4 is 5.32 Å². The predicted octanol–water partition coefficient (Wildman–Crippen LogP) is 2.27. The second-order valence-electron chi connectivity index (χ2n) is 6.13. The molecule has 3 nitrogen and oxygen atoms in total. The standard InChI is InChI=1S/C14H24N2O/c1-3-11-6-4-5-7-12(11)16-10(2)15-14(8-9-14)13(16)17/h10-12,15H,3-9H2,1-2H3. The van der Waals surface area contributed by atoms with E-state index in [0.29, 0.717) is 11.9 Å². The number of amides is 1. The summed E-state index contributed by atoms with van der Waals surface area (Å²) < 4.78 is 0. The van der Waals surface area contributed by atoms with Gasteiger partial charge in [0.15, 0.2) is 0 Å². The average molecular weight is 236 g/mol. The lowest BCUT2D eigenvalue weighted by Gasteiger charge is -2.39. The quantitative estimate of drug-likeness (QED) is 0.797. The van der Waals surface area contributed by atoms with Gasteiger partial charge < -0.3 is 4.90 Å². The van der Waals surface area contributed by atoms with E-state index in [-0.39, 0.29) is 11.7 Å². The van der Waals surface area contributed by atoms with Gasteiger partial charge in [-0.3, -0.25) is 10.1 Å². The molecule has 0 aromatic rings. The highest BCUT2D eigenvalue weighted by Gasteiger charge is 2.59. The number of rotatable bonds is 2. The molecule has 1 amide bonds. The molecule has 2 aliphatic carbocycles. The van der Waals surface area contributed by atoms with Crippen LogP contribution in [0.2, 0.25) is 0 Å². The van der Waals surface area contributed by atoms with E-state index in [0.717, 1.165) is 18.8 Å². The van der Waals surface area contributed by atoms with E-state index in [1.807, 2.05) is 0 Å². The van der Waals surface area contributed by atoms with Crippen LogP contribution in [0.25, 0.3) is 0 Å². The van der Waals surface area contributed by atoms with Crippen LogP contribution in [0, 0.1) is 5.92 Å². The molecule has 0 aromatic heterocycles. The highest BCUT2D eigenvalue weighted by atomic mass is 16.2. The van der Waals surface area contributed by atoms with E-state index in [1.165, 1.54) is 32.1 Å². The third kappa shape index (κ3) is 1.70. The van der Waals surface area contributed by atoms with Gasteiger partial charge in [-0.25, -0.2) is 0 Å². The summed E-state index contributed by atoms with van der Waals surface area (Å²) in [5.74, 6) is 1.13. The van der Waals surface area contributed by atoms with E-state index in [1.54, 1.807) is 0 Å². The zero-order valence-corrected chi connectivity index (χ0v) is 11.0. The van der Waals surface area contributed by atoms with E-state index in [2.05, 4.69) is 24.1 Å². The van der Waals surface area contributed by atoms with Crippen molar-refractivity contribution in [3.8, 4) is 0 Å². The van der Waals surface area contributed by atoms with Crippen LogP contribution in [0.4, 0.5) is 0 Å². The Hall–Kier alpha value is -0.570. The number of carbonyl (C=O) groups excluding carboxylic acids is 1. The molecule has 1 aliphatic heterocycles. The Balaban J connectivity index is 1.80. The summed E-state index contributed by atoms with van der Waals surface area (Å²) in [5.41, 5.74) is -0.130. The smallest absolute Gasteiger partial charge is 0.244 e. The highest BCUT2D eigenvalue weighted by molar-refractivity contribution is 5.92. The van der Waals surface area contributed by atoms with Gasteiger partial charge in [-0.2, -0.15) is 0 Å². The van der Waals surface area contributed by atoms with Crippen LogP contribution in [-0.2, 0) is 4.79 Å². The van der Waals surface area contributed by atoms with E-state index in [4.69, 9.17) is 0 Å². The summed E-state index contributed by atoms with van der Waals surface area (Å²) in [5, 5.41) is 3.52. The largest absolute Gasteiger partial charge is 0.323 e. The lowest BCUT2D eigenvalue weighted by atomic mass is 9.81. The number of nitrogens with zero attached hydrogens (tertiary/aromatic N) is 1. The molecule has 2 saturated carbocycles. The molecule has 1 saturated heterocycles. The minimum absolute atomic E-state index is 0.130. The Kier molecular flexibility index (Phi) is 2.69. The SMILES string of the molecule is CCC1CCCCC1N1C(=O)C2(CC2)NC1C. The summed E-state index contributed by atoms with van der Waals surface area (Å²) in [7, 11) is 0. The fourth-order valence-corrected chi connectivity index (χ4v) is 3.91. The Morgan fingerprint density at radius 2 is 2.06 bits per heavy atom. The maximum absolute atomic E-state index is 12.5. The summed E-state index contributed by atoms with van der Waals surface area (Å²) in [6, 6.07) is 0.503. The van der Waals surface area contributed by atoms with Crippen molar-refractivity contribution in [2.45, 2.75) is 76.5 Å². The Morgan fingerprint density at radius 1 is 1.35 bits per heavy atom. The monoisotopic (exact) mass is 236 g/mol. The van der Waals surface area contributed by atoms with Gasteiger partial charge in [-0.05, 0) is 38.5 Å². The van der Waals surface area contributed by atoms with Crippen LogP contribution in [0.1, 0.15) is 58.8 Å². The summed E-state index contributed by atoms with van der Waals surface area (Å²) >= 11 is 0. The zero-order chi connectivity index (χ0) is 12.0. The molecular formula is C14H24N2O. The van der Waals surface area contributed by atoms with Crippen LogP contribution >= 0.6 is 0 Å². The van der Waals surface area contributed by atoms with Gasteiger partial charge in [0.05, 0.1) is 11.7 Å². The predicted molar refractivity (Wildman–Crippen MR) is 67.4 cm³/mol. The van der Waals surface area contributed by atoms with Gasteiger partial charge in [0.25, 0.3) is 0 Å². The molecule has 0 bridgehead atoms. The minimum atomic E-state index is -0.130. The number of hydrogen-bond donors (Lipinski definition) is 1. The minimum Gasteiger partial charge on any atom is -0.323 e. The maximum Gasteiger partial charge on any atom is 0.244 e. The normalized spacial score (nSPS) is 40.0. The second-order valence-corrected chi connectivity index (χ2v) is 6.13. The first kappa shape index (κ1) is 11.5. The third-order valence-electron chi connectivity index (χ3n) is 5.05. The van der Waals surface area contributed by atoms with Crippen molar-refractivity contribution in [3.63, 3.8) is 0 Å². The van der Waals surface area contributed by atoms with Gasteiger partial charge in [0.2, 0.25) is 5.91 Å². The van der Waals surface area contributed by atoms with Crippen molar-refractivity contribution in [2.24, 2.45) is 5.92 Å². The summed E-state index contributed by atoms with van der Waals surface area (Å²) in [6.07, 6.45) is 8.74. The van der Waals surface area contributed by atoms with Crippen LogP contribution in [-0.4, -0.2) is 28.6 Å². The first-order chi connectivity index (χ1) is 8.18. The molecule has 1 heterocycles. The third-order valence-corrected chi connectivity index (χ3v) is 5.05. The fraction of sp³-hybridized carbons (Fsp3) is 0.929. The molecule has 3 atom stereocenters. The molecule has 3 fully saturated rings. The number of carbonyl (C=O) groups is 1. The van der Waals surface area contributed by atoms with Crippen molar-refractivity contribution in [3.05, 3.63) is 0 Å². The highest BCUT2D eigenvalue weighted by Crippen LogP contribution is 2.45. The molecule has 3 aliphatic rings. The molecule has 17 heavy (non-hydrogen) atoms. The molecule has 1 N–H and O–H groups in total. The maximum atomic E-state index is 12.5. The molecule has 3 rings (SSSR count). The molecule has 96 valence electrons. The fourth-order valence-electron chi connectivity index (χ4n) is 3.91. The zero-order valence-electron chi connectivity index (χ0n) is 11.0. The van der Waals surface area contributed by atoms with Crippen molar-refractivity contribution < 1.29 is 4.79 Å². The summed E-state index contributed by atoms with van der Waals surface area (Å²) in [4.78, 5) is 14.7. The summed E-state index contributed by atoms with van der Waals surface area (Å²) in [6.45, 7) is 4.43. The van der Waals surface area contributed by atoms with Crippen molar-refractivity contribution >= 4 is 5.91 Å². The topological polar surface area (TPSA) is 32.3 Å². The Bertz CT molecular complexity index is 324. The average Bonchev–Trinajstić information content (AvgIpc) is 3.05. The lowest BCUT2D eigenvalue weighted by Crippen LogP contribution is -2.48. The van der Waals surface area contributed by atoms with E-state index in [9.17, 15) is 4.79 Å². The first-order valence-corrected chi connectivity index (χ1v) is 7.28. The molecule has 0 aromatic carbocycles. The van der Waals surface area contributed by atoms with E-state index < -0.39 is 0 Å². The molecule has 1 spiro atoms. The van der Waals surface area contributed by atoms with Gasteiger partial charge in [0.1, 0.15) is 0 Å². The Labute approximate surface area is 104 Å². The Morgan fingerprint density at radius 3 is 2.65 bits per heavy atom. The van der Waals surface area contributed by atoms with Crippen LogP contribution in [0.5, 0.6) is 0 Å². The number of nitrogens with one attached hydrogen (secondary N) is 1. The second kappa shape index (κ2) is 3.98. The lowest BCUT2D eigenvalue weighted by molar-refractivity contribution is -0.134. The van der Waals surface area contributed by atoms with E-state index >= 15 is 0 Å². The molecular weight excluding hydrogens is 212 g/mol. The number of hydrogen-bond acceptors (Lipinski definition) is 2. The van der Waals surface area contributed by atoms with Gasteiger partial charge in [-0.15, -0.1) is 0 Å². The van der Waals surface area contributed by atoms with Crippen molar-refractivity contribution in [2.75, 3.05) is 0 Å². The van der Waals surface area contributed by atoms with Gasteiger partial charge >= 0.3 is 0 Å². The molecule has 3 unspecified atom stereocenters. The van der Waals surface area contributed by atoms with Gasteiger partial charge in [-0.1, -0.05) is 26.2 Å². The van der Waals surface area contributed by atoms with Crippen LogP contribution in [0.3, 0.4) is 0 Å². The van der Waals surface area contributed by atoms with Gasteiger partial charge in [0, 0.05) is 6.04 Å². The first-order valence-electron chi connectivity index (χ1n) is 7.28. The van der Waals surface area contributed by atoms with Crippen molar-refractivity contribution in [1.29, 1.82) is 0 Å². The molecule has 3 heteroatoms.